The highest BCUT2D eigenvalue weighted by molar-refractivity contribution is 9.10. The summed E-state index contributed by atoms with van der Waals surface area (Å²) >= 11 is 3.40. The third-order valence-corrected chi connectivity index (χ3v) is 4.06. The Morgan fingerprint density at radius 2 is 1.65 bits per heavy atom. The highest BCUT2D eigenvalue weighted by atomic mass is 79.9. The smallest absolute Gasteiger partial charge is 0.228 e. The van der Waals surface area contributed by atoms with E-state index in [1.165, 1.54) is 6.92 Å². The molecule has 2 rings (SSSR count). The molecule has 0 aromatic heterocycles. The second-order valence-electron chi connectivity index (χ2n) is 5.19. The number of para-hydroxylation sites is 1. The molecule has 0 aliphatic rings. The molecule has 120 valence electrons. The van der Waals surface area contributed by atoms with Crippen LogP contribution in [0.5, 0.6) is 0 Å². The Kier molecular flexibility index (Phi) is 5.93. The van der Waals surface area contributed by atoms with Crippen molar-refractivity contribution in [1.29, 1.82) is 0 Å². The van der Waals surface area contributed by atoms with E-state index in [1.54, 1.807) is 16.8 Å². The normalized spacial score (nSPS) is 10.2. The van der Waals surface area contributed by atoms with Crippen LogP contribution in [0, 0.1) is 0 Å². The lowest BCUT2D eigenvalue weighted by Crippen LogP contribution is -2.34. The molecule has 0 atom stereocenters. The van der Waals surface area contributed by atoms with Crippen molar-refractivity contribution in [3.8, 4) is 0 Å². The molecule has 0 fully saturated rings. The number of rotatable bonds is 5. The molecular weight excluding hydrogens is 356 g/mol. The number of hydrogen-bond donors (Lipinski definition) is 0. The molecular formula is C18H19BrN2O2. The molecule has 2 aromatic rings. The van der Waals surface area contributed by atoms with Crippen molar-refractivity contribution in [2.75, 3.05) is 23.4 Å². The lowest BCUT2D eigenvalue weighted by molar-refractivity contribution is -0.118. The van der Waals surface area contributed by atoms with Gasteiger partial charge in [0.15, 0.2) is 0 Å². The maximum absolute atomic E-state index is 12.3. The number of carbonyl (C=O) groups excluding carboxylic acids is 2. The fourth-order valence-electron chi connectivity index (χ4n) is 2.28. The van der Waals surface area contributed by atoms with Crippen LogP contribution in [-0.2, 0) is 9.59 Å². The van der Waals surface area contributed by atoms with E-state index in [0.717, 1.165) is 15.8 Å². The Balaban J connectivity index is 2.04. The van der Waals surface area contributed by atoms with Gasteiger partial charge in [0.1, 0.15) is 0 Å². The SMILES string of the molecule is CC(=O)N(CCC(=O)N(C)c1ccccc1)c1cccc(Br)c1. The van der Waals surface area contributed by atoms with Crippen LogP contribution < -0.4 is 9.80 Å². The zero-order valence-electron chi connectivity index (χ0n) is 13.2. The zero-order valence-corrected chi connectivity index (χ0v) is 14.8. The number of carbonyl (C=O) groups is 2. The first-order valence-electron chi connectivity index (χ1n) is 7.34. The van der Waals surface area contributed by atoms with Gasteiger partial charge >= 0.3 is 0 Å². The molecule has 2 amide bonds. The third kappa shape index (κ3) is 4.66. The van der Waals surface area contributed by atoms with Crippen molar-refractivity contribution in [1.82, 2.24) is 0 Å². The first-order valence-corrected chi connectivity index (χ1v) is 8.13. The van der Waals surface area contributed by atoms with E-state index < -0.39 is 0 Å². The molecule has 0 bridgehead atoms. The molecule has 0 aliphatic carbocycles. The van der Waals surface area contributed by atoms with Crippen molar-refractivity contribution in [3.63, 3.8) is 0 Å². The molecule has 0 heterocycles. The number of benzene rings is 2. The van der Waals surface area contributed by atoms with Gasteiger partial charge in [-0.25, -0.2) is 0 Å². The molecule has 0 N–H and O–H groups in total. The first kappa shape index (κ1) is 17.2. The second-order valence-corrected chi connectivity index (χ2v) is 6.10. The van der Waals surface area contributed by atoms with Gasteiger partial charge in [0, 0.05) is 42.8 Å². The Morgan fingerprint density at radius 3 is 2.26 bits per heavy atom. The maximum atomic E-state index is 12.3. The highest BCUT2D eigenvalue weighted by Gasteiger charge is 2.16. The van der Waals surface area contributed by atoms with Crippen LogP contribution in [-0.4, -0.2) is 25.4 Å². The quantitative estimate of drug-likeness (QED) is 0.797. The summed E-state index contributed by atoms with van der Waals surface area (Å²) < 4.78 is 0.897. The summed E-state index contributed by atoms with van der Waals surface area (Å²) in [5, 5.41) is 0. The summed E-state index contributed by atoms with van der Waals surface area (Å²) in [4.78, 5) is 27.5. The Bertz CT molecular complexity index is 688. The average molecular weight is 375 g/mol. The number of halogens is 1. The van der Waals surface area contributed by atoms with Crippen LogP contribution in [0.3, 0.4) is 0 Å². The van der Waals surface area contributed by atoms with E-state index in [1.807, 2.05) is 54.6 Å². The van der Waals surface area contributed by atoms with Gasteiger partial charge in [0.05, 0.1) is 0 Å². The number of hydrogen-bond acceptors (Lipinski definition) is 2. The summed E-state index contributed by atoms with van der Waals surface area (Å²) in [7, 11) is 1.74. The van der Waals surface area contributed by atoms with Gasteiger partial charge in [-0.3, -0.25) is 9.59 Å². The van der Waals surface area contributed by atoms with Crippen LogP contribution in [0.25, 0.3) is 0 Å². The van der Waals surface area contributed by atoms with E-state index in [2.05, 4.69) is 15.9 Å². The summed E-state index contributed by atoms with van der Waals surface area (Å²) in [6.45, 7) is 1.86. The minimum atomic E-state index is -0.0849. The molecule has 0 aliphatic heterocycles. The minimum absolute atomic E-state index is 0.0301. The monoisotopic (exact) mass is 374 g/mol. The third-order valence-electron chi connectivity index (χ3n) is 3.57. The lowest BCUT2D eigenvalue weighted by atomic mass is 10.2. The Hall–Kier alpha value is -2.14. The summed E-state index contributed by atoms with van der Waals surface area (Å²) in [6.07, 6.45) is 0.261. The predicted octanol–water partition coefficient (Wildman–Crippen LogP) is 3.86. The van der Waals surface area contributed by atoms with Crippen molar-refractivity contribution in [2.24, 2.45) is 0 Å². The van der Waals surface area contributed by atoms with Crippen LogP contribution in [0.4, 0.5) is 11.4 Å². The molecule has 2 aromatic carbocycles. The van der Waals surface area contributed by atoms with Crippen LogP contribution in [0.2, 0.25) is 0 Å². The van der Waals surface area contributed by atoms with Gasteiger partial charge < -0.3 is 9.80 Å². The molecule has 4 nitrogen and oxygen atoms in total. The van der Waals surface area contributed by atoms with Crippen LogP contribution >= 0.6 is 15.9 Å². The van der Waals surface area contributed by atoms with Gasteiger partial charge in [0.2, 0.25) is 11.8 Å². The fraction of sp³-hybridized carbons (Fsp3) is 0.222. The summed E-state index contributed by atoms with van der Waals surface area (Å²) in [5.41, 5.74) is 1.62. The number of amides is 2. The number of nitrogens with zero attached hydrogens (tertiary/aromatic N) is 2. The van der Waals surface area contributed by atoms with Gasteiger partial charge in [0.25, 0.3) is 0 Å². The van der Waals surface area contributed by atoms with Gasteiger partial charge in [-0.15, -0.1) is 0 Å². The number of anilines is 2. The highest BCUT2D eigenvalue weighted by Crippen LogP contribution is 2.21. The Labute approximate surface area is 144 Å². The van der Waals surface area contributed by atoms with E-state index in [9.17, 15) is 9.59 Å². The zero-order chi connectivity index (χ0) is 16.8. The van der Waals surface area contributed by atoms with Crippen molar-refractivity contribution in [2.45, 2.75) is 13.3 Å². The average Bonchev–Trinajstić information content (AvgIpc) is 2.54. The van der Waals surface area contributed by atoms with Crippen molar-refractivity contribution >= 4 is 39.1 Å². The van der Waals surface area contributed by atoms with E-state index in [-0.39, 0.29) is 18.2 Å². The molecule has 0 radical (unpaired) electrons. The van der Waals surface area contributed by atoms with Gasteiger partial charge in [-0.2, -0.15) is 0 Å². The standard InChI is InChI=1S/C18H19BrN2O2/c1-14(22)21(17-10-6-7-15(19)13-17)12-11-18(23)20(2)16-8-4-3-5-9-16/h3-10,13H,11-12H2,1-2H3. The summed E-state index contributed by atoms with van der Waals surface area (Å²) in [6, 6.07) is 17.0. The van der Waals surface area contributed by atoms with Crippen molar-refractivity contribution < 1.29 is 9.59 Å². The molecule has 0 saturated heterocycles. The molecule has 23 heavy (non-hydrogen) atoms. The molecule has 0 saturated carbocycles. The fourth-order valence-corrected chi connectivity index (χ4v) is 2.67. The molecule has 5 heteroatoms. The van der Waals surface area contributed by atoms with Gasteiger partial charge in [-0.05, 0) is 30.3 Å². The van der Waals surface area contributed by atoms with Gasteiger partial charge in [-0.1, -0.05) is 40.2 Å². The molecule has 0 spiro atoms. The summed E-state index contributed by atoms with van der Waals surface area (Å²) in [5.74, 6) is -0.115. The molecule has 0 unspecified atom stereocenters. The Morgan fingerprint density at radius 1 is 1.00 bits per heavy atom. The van der Waals surface area contributed by atoms with Crippen molar-refractivity contribution in [3.05, 3.63) is 59.1 Å². The van der Waals surface area contributed by atoms with Crippen LogP contribution in [0.1, 0.15) is 13.3 Å². The van der Waals surface area contributed by atoms with Crippen LogP contribution in [0.15, 0.2) is 59.1 Å². The first-order chi connectivity index (χ1) is 11.0. The van der Waals surface area contributed by atoms with E-state index in [4.69, 9.17) is 0 Å². The second kappa shape index (κ2) is 7.92. The van der Waals surface area contributed by atoms with E-state index in [0.29, 0.717) is 6.54 Å². The minimum Gasteiger partial charge on any atom is -0.315 e. The van der Waals surface area contributed by atoms with E-state index >= 15 is 0 Å². The topological polar surface area (TPSA) is 40.6 Å². The maximum Gasteiger partial charge on any atom is 0.228 e. The lowest BCUT2D eigenvalue weighted by Gasteiger charge is -2.23. The largest absolute Gasteiger partial charge is 0.315 e. The predicted molar refractivity (Wildman–Crippen MR) is 96.6 cm³/mol.